The van der Waals surface area contributed by atoms with E-state index < -0.39 is 17.7 Å². The molecule has 1 saturated heterocycles. The predicted molar refractivity (Wildman–Crippen MR) is 86.8 cm³/mol. The van der Waals surface area contributed by atoms with Gasteiger partial charge in [0.15, 0.2) is 0 Å². The van der Waals surface area contributed by atoms with Crippen LogP contribution in [-0.2, 0) is 4.79 Å². The van der Waals surface area contributed by atoms with Gasteiger partial charge in [-0.05, 0) is 31.0 Å². The minimum absolute atomic E-state index is 0.0389. The maximum Gasteiger partial charge on any atom is 0.227 e. The Labute approximate surface area is 142 Å². The number of carbonyl (C=O) groups excluding carboxylic acids is 1. The van der Waals surface area contributed by atoms with Crippen molar-refractivity contribution in [3.8, 4) is 11.1 Å². The molecule has 0 aliphatic carbocycles. The predicted octanol–water partition coefficient (Wildman–Crippen LogP) is 3.86. The highest BCUT2D eigenvalue weighted by Gasteiger charge is 2.26. The number of nitrogens with zero attached hydrogens (tertiary/aromatic N) is 2. The first kappa shape index (κ1) is 16.8. The second-order valence-corrected chi connectivity index (χ2v) is 6.09. The molecule has 24 heavy (non-hydrogen) atoms. The number of benzene rings is 1. The number of aliphatic hydroxyl groups excluding tert-OH is 1. The third kappa shape index (κ3) is 2.99. The average molecular weight is 353 g/mol. The highest BCUT2D eigenvalue weighted by atomic mass is 35.5. The molecular weight excluding hydrogens is 338 g/mol. The SMILES string of the molecule is CC(O)c1cc(Cl)ncc1-c1cc(F)c(N2CCCC2=O)cc1F. The fraction of sp³-hybridized carbons (Fsp3) is 0.294. The van der Waals surface area contributed by atoms with Crippen LogP contribution >= 0.6 is 11.6 Å². The molecule has 1 aromatic heterocycles. The van der Waals surface area contributed by atoms with E-state index >= 15 is 0 Å². The van der Waals surface area contributed by atoms with Gasteiger partial charge in [0.1, 0.15) is 16.8 Å². The number of halogens is 3. The molecule has 1 amide bonds. The third-order valence-corrected chi connectivity index (χ3v) is 4.25. The van der Waals surface area contributed by atoms with Gasteiger partial charge < -0.3 is 10.0 Å². The number of amides is 1. The molecule has 4 nitrogen and oxygen atoms in total. The van der Waals surface area contributed by atoms with E-state index in [-0.39, 0.29) is 27.9 Å². The van der Waals surface area contributed by atoms with Crippen LogP contribution in [0.1, 0.15) is 31.4 Å². The Morgan fingerprint density at radius 2 is 2.00 bits per heavy atom. The molecule has 2 aromatic rings. The fourth-order valence-corrected chi connectivity index (χ4v) is 3.03. The van der Waals surface area contributed by atoms with Crippen molar-refractivity contribution >= 4 is 23.2 Å². The number of aromatic nitrogens is 1. The van der Waals surface area contributed by atoms with Crippen LogP contribution in [0.3, 0.4) is 0 Å². The zero-order valence-electron chi connectivity index (χ0n) is 12.9. The van der Waals surface area contributed by atoms with E-state index in [1.807, 2.05) is 0 Å². The summed E-state index contributed by atoms with van der Waals surface area (Å²) in [6.07, 6.45) is 1.32. The summed E-state index contributed by atoms with van der Waals surface area (Å²) in [5.41, 5.74) is 0.491. The quantitative estimate of drug-likeness (QED) is 0.853. The maximum atomic E-state index is 14.6. The van der Waals surface area contributed by atoms with Crippen LogP contribution in [0.5, 0.6) is 0 Å². The lowest BCUT2D eigenvalue weighted by molar-refractivity contribution is -0.117. The van der Waals surface area contributed by atoms with Crippen molar-refractivity contribution in [2.75, 3.05) is 11.4 Å². The van der Waals surface area contributed by atoms with E-state index in [0.29, 0.717) is 24.9 Å². The molecule has 1 aromatic carbocycles. The Kier molecular flexibility index (Phi) is 4.51. The summed E-state index contributed by atoms with van der Waals surface area (Å²) in [5.74, 6) is -1.62. The van der Waals surface area contributed by atoms with Gasteiger partial charge in [0.05, 0.1) is 11.8 Å². The van der Waals surface area contributed by atoms with E-state index in [0.717, 1.165) is 12.1 Å². The number of hydrogen-bond acceptors (Lipinski definition) is 3. The molecule has 2 heterocycles. The fourth-order valence-electron chi connectivity index (χ4n) is 2.87. The van der Waals surface area contributed by atoms with Gasteiger partial charge in [-0.2, -0.15) is 0 Å². The van der Waals surface area contributed by atoms with Crippen LogP contribution in [0.4, 0.5) is 14.5 Å². The number of anilines is 1. The Morgan fingerprint density at radius 3 is 2.62 bits per heavy atom. The number of pyridine rings is 1. The molecule has 3 rings (SSSR count). The second kappa shape index (κ2) is 6.45. The van der Waals surface area contributed by atoms with Gasteiger partial charge in [-0.3, -0.25) is 4.79 Å². The van der Waals surface area contributed by atoms with Crippen molar-refractivity contribution in [1.29, 1.82) is 0 Å². The minimum atomic E-state index is -0.928. The largest absolute Gasteiger partial charge is 0.389 e. The van der Waals surface area contributed by atoms with Gasteiger partial charge in [-0.15, -0.1) is 0 Å². The van der Waals surface area contributed by atoms with Crippen molar-refractivity contribution in [3.63, 3.8) is 0 Å². The Hall–Kier alpha value is -2.05. The minimum Gasteiger partial charge on any atom is -0.389 e. The Morgan fingerprint density at radius 1 is 1.25 bits per heavy atom. The zero-order chi connectivity index (χ0) is 17.4. The van der Waals surface area contributed by atoms with Crippen molar-refractivity contribution < 1.29 is 18.7 Å². The van der Waals surface area contributed by atoms with Crippen molar-refractivity contribution in [1.82, 2.24) is 4.98 Å². The molecule has 0 spiro atoms. The van der Waals surface area contributed by atoms with Crippen LogP contribution in [0, 0.1) is 11.6 Å². The summed E-state index contributed by atoms with van der Waals surface area (Å²) in [7, 11) is 0. The van der Waals surface area contributed by atoms with Crippen LogP contribution in [0.15, 0.2) is 24.4 Å². The topological polar surface area (TPSA) is 53.4 Å². The van der Waals surface area contributed by atoms with Crippen molar-refractivity contribution in [3.05, 3.63) is 46.7 Å². The third-order valence-electron chi connectivity index (χ3n) is 4.04. The molecule has 1 aliphatic heterocycles. The Balaban J connectivity index is 2.11. The number of rotatable bonds is 3. The number of aliphatic hydroxyl groups is 1. The molecule has 1 fully saturated rings. The summed E-state index contributed by atoms with van der Waals surface area (Å²) in [6.45, 7) is 1.87. The lowest BCUT2D eigenvalue weighted by Gasteiger charge is -2.19. The van der Waals surface area contributed by atoms with E-state index in [2.05, 4.69) is 4.98 Å². The molecule has 1 atom stereocenters. The van der Waals surface area contributed by atoms with E-state index in [9.17, 15) is 18.7 Å². The van der Waals surface area contributed by atoms with Gasteiger partial charge in [0.2, 0.25) is 5.91 Å². The molecule has 1 N–H and O–H groups in total. The first-order valence-corrected chi connectivity index (χ1v) is 7.89. The second-order valence-electron chi connectivity index (χ2n) is 5.70. The molecule has 1 unspecified atom stereocenters. The lowest BCUT2D eigenvalue weighted by Crippen LogP contribution is -2.25. The van der Waals surface area contributed by atoms with Gasteiger partial charge in [-0.25, -0.2) is 13.8 Å². The smallest absolute Gasteiger partial charge is 0.227 e. The lowest BCUT2D eigenvalue weighted by atomic mass is 9.98. The first-order valence-electron chi connectivity index (χ1n) is 7.51. The average Bonchev–Trinajstić information content (AvgIpc) is 2.95. The molecule has 0 radical (unpaired) electrons. The van der Waals surface area contributed by atoms with Crippen LogP contribution < -0.4 is 4.90 Å². The Bertz CT molecular complexity index is 811. The molecule has 1 aliphatic rings. The molecule has 7 heteroatoms. The van der Waals surface area contributed by atoms with Crippen LogP contribution in [0.25, 0.3) is 11.1 Å². The standard InChI is InChI=1S/C17H15ClF2N2O2/c1-9(23)10-6-16(18)21-8-12(10)11-5-14(20)15(7-13(11)19)22-4-2-3-17(22)24/h5-9,23H,2-4H2,1H3. The molecule has 0 saturated carbocycles. The number of hydrogen-bond donors (Lipinski definition) is 1. The molecule has 0 bridgehead atoms. The highest BCUT2D eigenvalue weighted by Crippen LogP contribution is 2.35. The first-order chi connectivity index (χ1) is 11.4. The van der Waals surface area contributed by atoms with Gasteiger partial charge in [-0.1, -0.05) is 11.6 Å². The summed E-state index contributed by atoms with van der Waals surface area (Å²) in [4.78, 5) is 16.9. The molecular formula is C17H15ClF2N2O2. The highest BCUT2D eigenvalue weighted by molar-refractivity contribution is 6.29. The van der Waals surface area contributed by atoms with Crippen molar-refractivity contribution in [2.24, 2.45) is 0 Å². The van der Waals surface area contributed by atoms with Crippen molar-refractivity contribution in [2.45, 2.75) is 25.9 Å². The van der Waals surface area contributed by atoms with Crippen LogP contribution in [-0.4, -0.2) is 22.5 Å². The van der Waals surface area contributed by atoms with E-state index in [1.54, 1.807) is 0 Å². The molecule has 126 valence electrons. The van der Waals surface area contributed by atoms with Gasteiger partial charge in [0, 0.05) is 36.4 Å². The van der Waals surface area contributed by atoms with E-state index in [1.165, 1.54) is 24.1 Å². The number of carbonyl (C=O) groups is 1. The zero-order valence-corrected chi connectivity index (χ0v) is 13.6. The maximum absolute atomic E-state index is 14.6. The summed E-state index contributed by atoms with van der Waals surface area (Å²) in [6, 6.07) is 3.44. The monoisotopic (exact) mass is 352 g/mol. The van der Waals surface area contributed by atoms with Gasteiger partial charge >= 0.3 is 0 Å². The van der Waals surface area contributed by atoms with E-state index in [4.69, 9.17) is 11.6 Å². The van der Waals surface area contributed by atoms with Crippen LogP contribution in [0.2, 0.25) is 5.15 Å². The summed E-state index contributed by atoms with van der Waals surface area (Å²) < 4.78 is 29.1. The summed E-state index contributed by atoms with van der Waals surface area (Å²) >= 11 is 5.81. The normalized spacial score (nSPS) is 15.9. The summed E-state index contributed by atoms with van der Waals surface area (Å²) in [5, 5.41) is 10.0. The van der Waals surface area contributed by atoms with Gasteiger partial charge in [0.25, 0.3) is 0 Å².